The maximum Gasteiger partial charge on any atom is 0.257 e. The fourth-order valence-corrected chi connectivity index (χ4v) is 1.48. The van der Waals surface area contributed by atoms with Crippen LogP contribution in [-0.2, 0) is 4.74 Å². The first-order valence-electron chi connectivity index (χ1n) is 6.01. The van der Waals surface area contributed by atoms with E-state index in [-0.39, 0.29) is 5.95 Å². The molecular weight excluding hydrogens is 246 g/mol. The highest BCUT2D eigenvalue weighted by atomic mass is 16.5. The zero-order valence-corrected chi connectivity index (χ0v) is 11.0. The maximum atomic E-state index is 5.70. The van der Waals surface area contributed by atoms with E-state index < -0.39 is 0 Å². The summed E-state index contributed by atoms with van der Waals surface area (Å²) in [5.74, 6) is 1.06. The summed E-state index contributed by atoms with van der Waals surface area (Å²) in [4.78, 5) is 14.3. The molecule has 0 atom stereocenters. The fraction of sp³-hybridized carbons (Fsp3) is 0.455. The van der Waals surface area contributed by atoms with Crippen molar-refractivity contribution in [3.05, 3.63) is 18.5 Å². The first-order valence-corrected chi connectivity index (χ1v) is 6.01. The van der Waals surface area contributed by atoms with Crippen LogP contribution in [0.25, 0.3) is 5.95 Å². The minimum absolute atomic E-state index is 0.166. The molecule has 0 bridgehead atoms. The smallest absolute Gasteiger partial charge is 0.257 e. The molecule has 0 saturated carbocycles. The summed E-state index contributed by atoms with van der Waals surface area (Å²) in [6, 6.07) is 1.79. The molecule has 0 amide bonds. The van der Waals surface area contributed by atoms with Gasteiger partial charge in [0.2, 0.25) is 11.9 Å². The zero-order chi connectivity index (χ0) is 13.7. The summed E-state index contributed by atoms with van der Waals surface area (Å²) in [5.41, 5.74) is 5.70. The summed E-state index contributed by atoms with van der Waals surface area (Å²) in [6.45, 7) is 3.92. The molecule has 2 heterocycles. The van der Waals surface area contributed by atoms with E-state index >= 15 is 0 Å². The number of nitrogens with zero attached hydrogens (tertiary/aromatic N) is 6. The van der Waals surface area contributed by atoms with Gasteiger partial charge in [-0.15, -0.1) is 0 Å². The van der Waals surface area contributed by atoms with Gasteiger partial charge in [0, 0.05) is 32.6 Å². The van der Waals surface area contributed by atoms with Gasteiger partial charge in [0.15, 0.2) is 0 Å². The number of ether oxygens (including phenoxy) is 1. The van der Waals surface area contributed by atoms with Crippen molar-refractivity contribution in [2.45, 2.75) is 6.92 Å². The Bertz CT molecular complexity index is 514. The molecule has 0 aromatic carbocycles. The van der Waals surface area contributed by atoms with Gasteiger partial charge in [-0.3, -0.25) is 0 Å². The number of nitrogen functional groups attached to an aromatic ring is 1. The van der Waals surface area contributed by atoms with E-state index in [9.17, 15) is 0 Å². The Hall–Kier alpha value is -2.22. The summed E-state index contributed by atoms with van der Waals surface area (Å²) in [5, 5.41) is 4.07. The fourth-order valence-electron chi connectivity index (χ4n) is 1.48. The Balaban J connectivity index is 2.17. The van der Waals surface area contributed by atoms with Gasteiger partial charge < -0.3 is 15.4 Å². The Morgan fingerprint density at radius 2 is 2.21 bits per heavy atom. The number of rotatable bonds is 6. The lowest BCUT2D eigenvalue weighted by Gasteiger charge is -2.17. The second-order valence-corrected chi connectivity index (χ2v) is 3.86. The summed E-state index contributed by atoms with van der Waals surface area (Å²) < 4.78 is 6.84. The van der Waals surface area contributed by atoms with E-state index in [1.165, 1.54) is 4.68 Å². The van der Waals surface area contributed by atoms with Crippen LogP contribution in [0, 0.1) is 0 Å². The first-order chi connectivity index (χ1) is 9.20. The van der Waals surface area contributed by atoms with Crippen molar-refractivity contribution in [1.82, 2.24) is 24.7 Å². The van der Waals surface area contributed by atoms with Crippen LogP contribution in [-0.4, -0.2) is 51.5 Å². The SMILES string of the molecule is CCOCCN(C)c1nc(N)nc(-n2cccn2)n1. The molecule has 2 rings (SSSR count). The third-order valence-corrected chi connectivity index (χ3v) is 2.45. The molecule has 8 heteroatoms. The normalized spacial score (nSPS) is 10.6. The molecule has 0 radical (unpaired) electrons. The van der Waals surface area contributed by atoms with Crippen LogP contribution in [0.4, 0.5) is 11.9 Å². The van der Waals surface area contributed by atoms with Crippen LogP contribution < -0.4 is 10.6 Å². The summed E-state index contributed by atoms with van der Waals surface area (Å²) in [6.07, 6.45) is 3.40. The second-order valence-electron chi connectivity index (χ2n) is 3.86. The van der Waals surface area contributed by atoms with E-state index in [0.717, 1.165) is 0 Å². The van der Waals surface area contributed by atoms with E-state index in [2.05, 4.69) is 20.1 Å². The molecule has 102 valence electrons. The van der Waals surface area contributed by atoms with Gasteiger partial charge in [0.1, 0.15) is 0 Å². The van der Waals surface area contributed by atoms with Crippen LogP contribution in [0.1, 0.15) is 6.92 Å². The Morgan fingerprint density at radius 3 is 2.89 bits per heavy atom. The third kappa shape index (κ3) is 3.38. The van der Waals surface area contributed by atoms with E-state index in [1.54, 1.807) is 18.5 Å². The van der Waals surface area contributed by atoms with Crippen LogP contribution in [0.2, 0.25) is 0 Å². The summed E-state index contributed by atoms with van der Waals surface area (Å²) in [7, 11) is 1.88. The molecule has 0 saturated heterocycles. The molecule has 2 aromatic rings. The number of hydrogen-bond donors (Lipinski definition) is 1. The van der Waals surface area contributed by atoms with Crippen molar-refractivity contribution < 1.29 is 4.74 Å². The highest BCUT2D eigenvalue weighted by Gasteiger charge is 2.10. The molecule has 0 spiro atoms. The minimum atomic E-state index is 0.166. The van der Waals surface area contributed by atoms with Crippen molar-refractivity contribution >= 4 is 11.9 Å². The van der Waals surface area contributed by atoms with Gasteiger partial charge in [-0.05, 0) is 13.0 Å². The predicted molar refractivity (Wildman–Crippen MR) is 71.1 cm³/mol. The van der Waals surface area contributed by atoms with Crippen molar-refractivity contribution in [2.24, 2.45) is 0 Å². The lowest BCUT2D eigenvalue weighted by molar-refractivity contribution is 0.154. The molecule has 0 unspecified atom stereocenters. The van der Waals surface area contributed by atoms with Crippen molar-refractivity contribution in [2.75, 3.05) is 37.4 Å². The Morgan fingerprint density at radius 1 is 1.37 bits per heavy atom. The Labute approximate surface area is 111 Å². The third-order valence-electron chi connectivity index (χ3n) is 2.45. The van der Waals surface area contributed by atoms with Gasteiger partial charge in [-0.1, -0.05) is 0 Å². The average molecular weight is 263 g/mol. The second kappa shape index (κ2) is 6.10. The highest BCUT2D eigenvalue weighted by molar-refractivity contribution is 5.36. The zero-order valence-electron chi connectivity index (χ0n) is 11.0. The Kier molecular flexibility index (Phi) is 4.24. The quantitative estimate of drug-likeness (QED) is 0.739. The van der Waals surface area contributed by atoms with Crippen molar-refractivity contribution in [1.29, 1.82) is 0 Å². The van der Waals surface area contributed by atoms with Gasteiger partial charge in [0.25, 0.3) is 5.95 Å². The summed E-state index contributed by atoms with van der Waals surface area (Å²) >= 11 is 0. The van der Waals surface area contributed by atoms with Crippen LogP contribution in [0.15, 0.2) is 18.5 Å². The lowest BCUT2D eigenvalue weighted by Crippen LogP contribution is -2.26. The van der Waals surface area contributed by atoms with Crippen molar-refractivity contribution in [3.8, 4) is 5.95 Å². The van der Waals surface area contributed by atoms with E-state index in [1.807, 2.05) is 18.9 Å². The first kappa shape index (κ1) is 13.2. The van der Waals surface area contributed by atoms with Crippen LogP contribution in [0.3, 0.4) is 0 Å². The molecule has 8 nitrogen and oxygen atoms in total. The topological polar surface area (TPSA) is 95.0 Å². The predicted octanol–water partition coefficient (Wildman–Crippen LogP) is 0.112. The minimum Gasteiger partial charge on any atom is -0.380 e. The van der Waals surface area contributed by atoms with Crippen molar-refractivity contribution in [3.63, 3.8) is 0 Å². The largest absolute Gasteiger partial charge is 0.380 e. The average Bonchev–Trinajstić information content (AvgIpc) is 2.92. The van der Waals surface area contributed by atoms with Crippen LogP contribution >= 0.6 is 0 Å². The molecule has 19 heavy (non-hydrogen) atoms. The van der Waals surface area contributed by atoms with Gasteiger partial charge >= 0.3 is 0 Å². The van der Waals surface area contributed by atoms with Crippen LogP contribution in [0.5, 0.6) is 0 Å². The van der Waals surface area contributed by atoms with Gasteiger partial charge in [-0.25, -0.2) is 4.68 Å². The number of likely N-dealkylation sites (N-methyl/N-ethyl adjacent to an activating group) is 1. The maximum absolute atomic E-state index is 5.70. The standard InChI is InChI=1S/C11H17N7O/c1-3-19-8-7-17(2)10-14-9(12)15-11(16-10)18-6-4-5-13-18/h4-6H,3,7-8H2,1-2H3,(H2,12,14,15,16). The molecule has 0 aliphatic heterocycles. The number of anilines is 2. The molecule has 0 aliphatic carbocycles. The van der Waals surface area contributed by atoms with Gasteiger partial charge in [0.05, 0.1) is 6.61 Å². The number of hydrogen-bond acceptors (Lipinski definition) is 7. The molecule has 0 fully saturated rings. The molecular formula is C11H17N7O. The van der Waals surface area contributed by atoms with Gasteiger partial charge in [-0.2, -0.15) is 20.1 Å². The number of aromatic nitrogens is 5. The number of nitrogens with two attached hydrogens (primary N) is 1. The molecule has 2 aromatic heterocycles. The lowest BCUT2D eigenvalue weighted by atomic mass is 10.6. The molecule has 2 N–H and O–H groups in total. The van der Waals surface area contributed by atoms with E-state index in [4.69, 9.17) is 10.5 Å². The molecule has 0 aliphatic rings. The monoisotopic (exact) mass is 263 g/mol. The highest BCUT2D eigenvalue weighted by Crippen LogP contribution is 2.09. The van der Waals surface area contributed by atoms with E-state index in [0.29, 0.717) is 31.7 Å².